The summed E-state index contributed by atoms with van der Waals surface area (Å²) in [6.07, 6.45) is 3.35. The highest BCUT2D eigenvalue weighted by Crippen LogP contribution is 2.27. The van der Waals surface area contributed by atoms with Gasteiger partial charge in [-0.1, -0.05) is 5.16 Å². The van der Waals surface area contributed by atoms with Gasteiger partial charge in [0.25, 0.3) is 0 Å². The van der Waals surface area contributed by atoms with E-state index in [0.29, 0.717) is 5.88 Å². The molecule has 0 radical (unpaired) electrons. The molecule has 0 amide bonds. The molecule has 0 N–H and O–H groups in total. The molecule has 3 aromatic rings. The number of aromatic nitrogens is 3. The second-order valence-electron chi connectivity index (χ2n) is 6.25. The van der Waals surface area contributed by atoms with Gasteiger partial charge in [0.1, 0.15) is 12.1 Å². The van der Waals surface area contributed by atoms with Gasteiger partial charge in [-0.05, 0) is 25.1 Å². The number of hydrogen-bond acceptors (Lipinski definition) is 7. The molecular formula is C18H21N5O2. The predicted molar refractivity (Wildman–Crippen MR) is 94.8 cm³/mol. The summed E-state index contributed by atoms with van der Waals surface area (Å²) in [5.74, 6) is 1.53. The summed E-state index contributed by atoms with van der Waals surface area (Å²) in [5, 5.41) is 4.81. The maximum atomic E-state index is 5.36. The molecule has 7 nitrogen and oxygen atoms in total. The molecule has 25 heavy (non-hydrogen) atoms. The molecule has 130 valence electrons. The normalized spacial score (nSPS) is 15.7. The van der Waals surface area contributed by atoms with Crippen molar-refractivity contribution in [2.24, 2.45) is 0 Å². The third kappa shape index (κ3) is 3.15. The van der Waals surface area contributed by atoms with Crippen molar-refractivity contribution in [2.75, 3.05) is 38.2 Å². The van der Waals surface area contributed by atoms with Crippen LogP contribution in [-0.2, 0) is 6.54 Å². The van der Waals surface area contributed by atoms with Crippen molar-refractivity contribution in [1.82, 2.24) is 20.0 Å². The predicted octanol–water partition coefficient (Wildman–Crippen LogP) is 2.26. The number of rotatable bonds is 4. The summed E-state index contributed by atoms with van der Waals surface area (Å²) < 4.78 is 10.5. The van der Waals surface area contributed by atoms with Gasteiger partial charge < -0.3 is 14.2 Å². The fourth-order valence-corrected chi connectivity index (χ4v) is 3.26. The van der Waals surface area contributed by atoms with Gasteiger partial charge in [0, 0.05) is 44.0 Å². The first-order chi connectivity index (χ1) is 12.2. The van der Waals surface area contributed by atoms with E-state index in [4.69, 9.17) is 9.26 Å². The summed E-state index contributed by atoms with van der Waals surface area (Å²) >= 11 is 0. The fourth-order valence-electron chi connectivity index (χ4n) is 3.26. The smallest absolute Gasteiger partial charge is 0.224 e. The van der Waals surface area contributed by atoms with E-state index in [1.807, 2.05) is 19.2 Å². The average Bonchev–Trinajstić information content (AvgIpc) is 3.06. The minimum Gasteiger partial charge on any atom is -0.480 e. The van der Waals surface area contributed by atoms with Crippen molar-refractivity contribution in [3.05, 3.63) is 42.0 Å². The fraction of sp³-hybridized carbons (Fsp3) is 0.389. The summed E-state index contributed by atoms with van der Waals surface area (Å²) in [6.45, 7) is 6.82. The molecule has 3 heterocycles. The van der Waals surface area contributed by atoms with Crippen LogP contribution in [0.3, 0.4) is 0 Å². The van der Waals surface area contributed by atoms with Gasteiger partial charge in [0.05, 0.1) is 24.2 Å². The zero-order valence-corrected chi connectivity index (χ0v) is 14.5. The molecule has 1 aliphatic heterocycles. The number of benzene rings is 1. The zero-order valence-electron chi connectivity index (χ0n) is 14.5. The lowest BCUT2D eigenvalue weighted by Crippen LogP contribution is -2.46. The number of anilines is 1. The molecular weight excluding hydrogens is 318 g/mol. The van der Waals surface area contributed by atoms with E-state index < -0.39 is 0 Å². The highest BCUT2D eigenvalue weighted by Gasteiger charge is 2.19. The molecule has 1 saturated heterocycles. The first kappa shape index (κ1) is 15.8. The Kier molecular flexibility index (Phi) is 4.23. The van der Waals surface area contributed by atoms with Crippen molar-refractivity contribution in [3.63, 3.8) is 0 Å². The molecule has 2 aromatic heterocycles. The van der Waals surface area contributed by atoms with E-state index in [0.717, 1.165) is 49.4 Å². The van der Waals surface area contributed by atoms with E-state index in [2.05, 4.69) is 37.1 Å². The van der Waals surface area contributed by atoms with E-state index in [9.17, 15) is 0 Å². The minimum absolute atomic E-state index is 0.619. The number of aryl methyl sites for hydroxylation is 1. The lowest BCUT2D eigenvalue weighted by Gasteiger charge is -2.36. The van der Waals surface area contributed by atoms with Crippen LogP contribution in [0.4, 0.5) is 5.69 Å². The SMILES string of the molecule is COc1ncnc2ccc(N3CCN(Cc4cnoc4C)CC3)cc12. The van der Waals surface area contributed by atoms with Crippen LogP contribution in [0.1, 0.15) is 11.3 Å². The van der Waals surface area contributed by atoms with Crippen LogP contribution in [0.15, 0.2) is 35.2 Å². The van der Waals surface area contributed by atoms with Crippen LogP contribution in [-0.4, -0.2) is 53.3 Å². The number of methoxy groups -OCH3 is 1. The molecule has 0 saturated carbocycles. The maximum Gasteiger partial charge on any atom is 0.224 e. The molecule has 7 heteroatoms. The number of nitrogens with zero attached hydrogens (tertiary/aromatic N) is 5. The Balaban J connectivity index is 1.47. The Hall–Kier alpha value is -2.67. The van der Waals surface area contributed by atoms with Crippen LogP contribution >= 0.6 is 0 Å². The zero-order chi connectivity index (χ0) is 17.2. The highest BCUT2D eigenvalue weighted by molar-refractivity contribution is 5.86. The first-order valence-corrected chi connectivity index (χ1v) is 8.41. The number of hydrogen-bond donors (Lipinski definition) is 0. The van der Waals surface area contributed by atoms with Crippen LogP contribution in [0.2, 0.25) is 0 Å². The lowest BCUT2D eigenvalue weighted by atomic mass is 10.1. The van der Waals surface area contributed by atoms with E-state index >= 15 is 0 Å². The highest BCUT2D eigenvalue weighted by atomic mass is 16.5. The van der Waals surface area contributed by atoms with Gasteiger partial charge in [-0.15, -0.1) is 0 Å². The Labute approximate surface area is 146 Å². The second kappa shape index (κ2) is 6.68. The molecule has 1 aliphatic rings. The maximum absolute atomic E-state index is 5.36. The summed E-state index contributed by atoms with van der Waals surface area (Å²) in [7, 11) is 1.64. The third-order valence-electron chi connectivity index (χ3n) is 4.76. The molecule has 4 rings (SSSR count). The van der Waals surface area contributed by atoms with Crippen molar-refractivity contribution < 1.29 is 9.26 Å². The van der Waals surface area contributed by atoms with Gasteiger partial charge in [-0.25, -0.2) is 9.97 Å². The van der Waals surface area contributed by atoms with Gasteiger partial charge in [-0.2, -0.15) is 0 Å². The Morgan fingerprint density at radius 2 is 2.00 bits per heavy atom. The summed E-state index contributed by atoms with van der Waals surface area (Å²) in [6, 6.07) is 6.27. The van der Waals surface area contributed by atoms with E-state index in [1.165, 1.54) is 17.6 Å². The van der Waals surface area contributed by atoms with Gasteiger partial charge in [0.2, 0.25) is 5.88 Å². The third-order valence-corrected chi connectivity index (χ3v) is 4.76. The van der Waals surface area contributed by atoms with Crippen molar-refractivity contribution in [1.29, 1.82) is 0 Å². The molecule has 1 fully saturated rings. The molecule has 1 aromatic carbocycles. The Morgan fingerprint density at radius 1 is 1.16 bits per heavy atom. The second-order valence-corrected chi connectivity index (χ2v) is 6.25. The number of ether oxygens (including phenoxy) is 1. The first-order valence-electron chi connectivity index (χ1n) is 8.41. The Morgan fingerprint density at radius 3 is 2.72 bits per heavy atom. The number of piperazine rings is 1. The lowest BCUT2D eigenvalue weighted by molar-refractivity contribution is 0.248. The standard InChI is InChI=1S/C18H21N5O2/c1-13-14(10-21-25-13)11-22-5-7-23(8-6-22)15-3-4-17-16(9-15)18(24-2)20-12-19-17/h3-4,9-10,12H,5-8,11H2,1-2H3. The van der Waals surface area contributed by atoms with Crippen molar-refractivity contribution in [3.8, 4) is 5.88 Å². The molecule has 0 unspecified atom stereocenters. The monoisotopic (exact) mass is 339 g/mol. The van der Waals surface area contributed by atoms with Crippen LogP contribution < -0.4 is 9.64 Å². The quantitative estimate of drug-likeness (QED) is 0.722. The average molecular weight is 339 g/mol. The molecule has 0 atom stereocenters. The van der Waals surface area contributed by atoms with E-state index in [-0.39, 0.29) is 0 Å². The number of fused-ring (bicyclic) bond motifs is 1. The summed E-state index contributed by atoms with van der Waals surface area (Å²) in [4.78, 5) is 13.3. The van der Waals surface area contributed by atoms with Gasteiger partial charge >= 0.3 is 0 Å². The minimum atomic E-state index is 0.619. The molecule has 0 spiro atoms. The largest absolute Gasteiger partial charge is 0.480 e. The molecule has 0 aliphatic carbocycles. The van der Waals surface area contributed by atoms with Gasteiger partial charge in [0.15, 0.2) is 0 Å². The van der Waals surface area contributed by atoms with Crippen molar-refractivity contribution >= 4 is 16.6 Å². The van der Waals surface area contributed by atoms with Crippen LogP contribution in [0.25, 0.3) is 10.9 Å². The topological polar surface area (TPSA) is 67.5 Å². The summed E-state index contributed by atoms with van der Waals surface area (Å²) in [5.41, 5.74) is 3.25. The van der Waals surface area contributed by atoms with E-state index in [1.54, 1.807) is 7.11 Å². The molecule has 0 bridgehead atoms. The van der Waals surface area contributed by atoms with Crippen LogP contribution in [0, 0.1) is 6.92 Å². The Bertz CT molecular complexity index is 871. The van der Waals surface area contributed by atoms with Crippen molar-refractivity contribution in [2.45, 2.75) is 13.5 Å². The van der Waals surface area contributed by atoms with Crippen LogP contribution in [0.5, 0.6) is 5.88 Å². The van der Waals surface area contributed by atoms with Gasteiger partial charge in [-0.3, -0.25) is 4.90 Å².